The van der Waals surface area contributed by atoms with Crippen LogP contribution >= 0.6 is 0 Å². The minimum atomic E-state index is -2.92. The number of hydrogen-bond donors (Lipinski definition) is 2. The van der Waals surface area contributed by atoms with E-state index >= 15 is 0 Å². The zero-order valence-corrected chi connectivity index (χ0v) is 19.7. The molecule has 0 saturated carbocycles. The summed E-state index contributed by atoms with van der Waals surface area (Å²) in [6.07, 6.45) is -2.92. The van der Waals surface area contributed by atoms with E-state index in [1.54, 1.807) is 26.0 Å². The summed E-state index contributed by atoms with van der Waals surface area (Å²) in [5.74, 6) is -0.140. The SMILES string of the molecule is COc1cc2c(N[C@H](C)c3cccc(C(F)F)c3F)nc(C)nc2cc1C(=O)NCCN(C)C. The lowest BCUT2D eigenvalue weighted by molar-refractivity contribution is 0.0948. The highest BCUT2D eigenvalue weighted by atomic mass is 19.3. The minimum Gasteiger partial charge on any atom is -0.496 e. The van der Waals surface area contributed by atoms with Gasteiger partial charge in [0.15, 0.2) is 0 Å². The number of nitrogens with zero attached hydrogens (tertiary/aromatic N) is 3. The average molecular weight is 476 g/mol. The molecule has 0 aliphatic heterocycles. The highest BCUT2D eigenvalue weighted by molar-refractivity contribution is 6.02. The van der Waals surface area contributed by atoms with Gasteiger partial charge in [0, 0.05) is 24.0 Å². The number of carbonyl (C=O) groups is 1. The highest BCUT2D eigenvalue weighted by Crippen LogP contribution is 2.33. The van der Waals surface area contributed by atoms with Gasteiger partial charge in [0.1, 0.15) is 23.2 Å². The Morgan fingerprint density at radius 1 is 1.18 bits per heavy atom. The molecule has 1 atom stereocenters. The van der Waals surface area contributed by atoms with Gasteiger partial charge in [-0.25, -0.2) is 23.1 Å². The molecular weight excluding hydrogens is 447 g/mol. The Hall–Kier alpha value is -3.40. The zero-order chi connectivity index (χ0) is 25.0. The van der Waals surface area contributed by atoms with Crippen molar-refractivity contribution in [2.75, 3.05) is 39.6 Å². The first kappa shape index (κ1) is 25.2. The molecule has 0 aliphatic carbocycles. The summed E-state index contributed by atoms with van der Waals surface area (Å²) in [5.41, 5.74) is 0.247. The van der Waals surface area contributed by atoms with E-state index in [4.69, 9.17) is 4.74 Å². The summed E-state index contributed by atoms with van der Waals surface area (Å²) in [6.45, 7) is 4.48. The zero-order valence-electron chi connectivity index (χ0n) is 19.7. The maximum atomic E-state index is 14.7. The third kappa shape index (κ3) is 5.56. The Bertz CT molecular complexity index is 1190. The fourth-order valence-corrected chi connectivity index (χ4v) is 3.57. The van der Waals surface area contributed by atoms with Gasteiger partial charge >= 0.3 is 0 Å². The maximum Gasteiger partial charge on any atom is 0.266 e. The number of amides is 1. The smallest absolute Gasteiger partial charge is 0.266 e. The normalized spacial score (nSPS) is 12.3. The second kappa shape index (κ2) is 10.7. The monoisotopic (exact) mass is 475 g/mol. The van der Waals surface area contributed by atoms with Crippen molar-refractivity contribution in [1.29, 1.82) is 0 Å². The number of ether oxygens (including phenoxy) is 1. The number of benzene rings is 2. The molecule has 3 rings (SSSR count). The van der Waals surface area contributed by atoms with Crippen LogP contribution in [-0.2, 0) is 0 Å². The van der Waals surface area contributed by atoms with Crippen molar-refractivity contribution < 1.29 is 22.7 Å². The Labute approximate surface area is 196 Å². The summed E-state index contributed by atoms with van der Waals surface area (Å²) in [7, 11) is 5.27. The van der Waals surface area contributed by atoms with E-state index in [9.17, 15) is 18.0 Å². The van der Waals surface area contributed by atoms with E-state index in [2.05, 4.69) is 20.6 Å². The van der Waals surface area contributed by atoms with Crippen LogP contribution in [0, 0.1) is 12.7 Å². The van der Waals surface area contributed by atoms with Gasteiger partial charge in [-0.3, -0.25) is 4.79 Å². The van der Waals surface area contributed by atoms with Crippen molar-refractivity contribution >= 4 is 22.6 Å². The van der Waals surface area contributed by atoms with Crippen LogP contribution < -0.4 is 15.4 Å². The number of aromatic nitrogens is 2. The van der Waals surface area contributed by atoms with E-state index in [1.807, 2.05) is 19.0 Å². The van der Waals surface area contributed by atoms with Crippen molar-refractivity contribution in [1.82, 2.24) is 20.2 Å². The van der Waals surface area contributed by atoms with Gasteiger partial charge in [-0.15, -0.1) is 0 Å². The molecule has 10 heteroatoms. The van der Waals surface area contributed by atoms with Crippen LogP contribution in [0.25, 0.3) is 10.9 Å². The van der Waals surface area contributed by atoms with Gasteiger partial charge in [0.2, 0.25) is 0 Å². The largest absolute Gasteiger partial charge is 0.496 e. The first-order valence-electron chi connectivity index (χ1n) is 10.7. The molecule has 1 amide bonds. The van der Waals surface area contributed by atoms with Gasteiger partial charge in [-0.05, 0) is 40.1 Å². The molecule has 0 saturated heterocycles. The van der Waals surface area contributed by atoms with E-state index in [0.717, 1.165) is 6.07 Å². The topological polar surface area (TPSA) is 79.4 Å². The summed E-state index contributed by atoms with van der Waals surface area (Å²) < 4.78 is 46.4. The van der Waals surface area contributed by atoms with Crippen molar-refractivity contribution in [3.63, 3.8) is 0 Å². The van der Waals surface area contributed by atoms with E-state index in [0.29, 0.717) is 46.9 Å². The molecule has 3 aromatic rings. The van der Waals surface area contributed by atoms with Crippen LogP contribution in [0.2, 0.25) is 0 Å². The Balaban J connectivity index is 1.98. The third-order valence-electron chi connectivity index (χ3n) is 5.33. The Morgan fingerprint density at radius 3 is 2.53 bits per heavy atom. The van der Waals surface area contributed by atoms with Crippen molar-refractivity contribution in [3.05, 3.63) is 58.7 Å². The molecule has 0 fully saturated rings. The predicted molar refractivity (Wildman–Crippen MR) is 125 cm³/mol. The summed E-state index contributed by atoms with van der Waals surface area (Å²) in [5, 5.41) is 6.49. The van der Waals surface area contributed by atoms with Crippen LogP contribution in [0.15, 0.2) is 30.3 Å². The fourth-order valence-electron chi connectivity index (χ4n) is 3.57. The molecule has 34 heavy (non-hydrogen) atoms. The van der Waals surface area contributed by atoms with Gasteiger partial charge < -0.3 is 20.3 Å². The van der Waals surface area contributed by atoms with Crippen LogP contribution in [0.5, 0.6) is 5.75 Å². The standard InChI is InChI=1S/C24H28F3N5O2/c1-13(15-7-6-8-16(21(15)25)22(26)27)29-23-17-12-20(34-5)18(11-19(17)30-14(2)31-23)24(33)28-9-10-32(3)4/h6-8,11-13,22H,9-10H2,1-5H3,(H,28,33)(H,29,30,31)/t13-/m1/s1. The molecular formula is C24H28F3N5O2. The van der Waals surface area contributed by atoms with Crippen LogP contribution in [0.1, 0.15) is 46.7 Å². The van der Waals surface area contributed by atoms with E-state index < -0.39 is 23.8 Å². The molecule has 0 aliphatic rings. The number of fused-ring (bicyclic) bond motifs is 1. The third-order valence-corrected chi connectivity index (χ3v) is 5.33. The molecule has 1 aromatic heterocycles. The first-order chi connectivity index (χ1) is 16.1. The van der Waals surface area contributed by atoms with Crippen LogP contribution in [0.3, 0.4) is 0 Å². The summed E-state index contributed by atoms with van der Waals surface area (Å²) in [4.78, 5) is 23.5. The van der Waals surface area contributed by atoms with E-state index in [-0.39, 0.29) is 11.5 Å². The van der Waals surface area contributed by atoms with Crippen molar-refractivity contribution in [3.8, 4) is 5.75 Å². The van der Waals surface area contributed by atoms with Crippen molar-refractivity contribution in [2.45, 2.75) is 26.3 Å². The Kier molecular flexibility index (Phi) is 7.93. The fraction of sp³-hybridized carbons (Fsp3) is 0.375. The number of alkyl halides is 2. The van der Waals surface area contributed by atoms with Crippen molar-refractivity contribution in [2.24, 2.45) is 0 Å². The van der Waals surface area contributed by atoms with Gasteiger partial charge in [-0.1, -0.05) is 18.2 Å². The molecule has 1 heterocycles. The average Bonchev–Trinajstić information content (AvgIpc) is 2.77. The second-order valence-electron chi connectivity index (χ2n) is 8.17. The number of methoxy groups -OCH3 is 1. The number of likely N-dealkylation sites (N-methyl/N-ethyl adjacent to an activating group) is 1. The number of aryl methyl sites for hydroxylation is 1. The lowest BCUT2D eigenvalue weighted by Gasteiger charge is -2.19. The van der Waals surface area contributed by atoms with Gasteiger partial charge in [-0.2, -0.15) is 0 Å². The number of anilines is 1. The molecule has 0 bridgehead atoms. The number of rotatable bonds is 9. The van der Waals surface area contributed by atoms with E-state index in [1.165, 1.54) is 19.2 Å². The maximum absolute atomic E-state index is 14.7. The number of halogens is 3. The number of hydrogen-bond acceptors (Lipinski definition) is 6. The molecule has 2 aromatic carbocycles. The second-order valence-corrected chi connectivity index (χ2v) is 8.17. The minimum absolute atomic E-state index is 0.0890. The molecule has 0 unspecified atom stereocenters. The first-order valence-corrected chi connectivity index (χ1v) is 10.7. The predicted octanol–water partition coefficient (Wildman–Crippen LogP) is 4.49. The molecule has 0 spiro atoms. The molecule has 7 nitrogen and oxygen atoms in total. The van der Waals surface area contributed by atoms with Crippen LogP contribution in [0.4, 0.5) is 19.0 Å². The molecule has 2 N–H and O–H groups in total. The van der Waals surface area contributed by atoms with Gasteiger partial charge in [0.05, 0.1) is 29.8 Å². The lowest BCUT2D eigenvalue weighted by Crippen LogP contribution is -2.31. The summed E-state index contributed by atoms with van der Waals surface area (Å²) in [6, 6.07) is 6.49. The van der Waals surface area contributed by atoms with Gasteiger partial charge in [0.25, 0.3) is 12.3 Å². The number of carbonyl (C=O) groups excluding carboxylic acids is 1. The molecule has 0 radical (unpaired) electrons. The lowest BCUT2D eigenvalue weighted by atomic mass is 10.0. The quantitative estimate of drug-likeness (QED) is 0.475. The number of nitrogens with one attached hydrogen (secondary N) is 2. The molecule has 182 valence electrons. The summed E-state index contributed by atoms with van der Waals surface area (Å²) >= 11 is 0. The highest BCUT2D eigenvalue weighted by Gasteiger charge is 2.21. The van der Waals surface area contributed by atoms with Crippen LogP contribution in [-0.4, -0.2) is 55.1 Å². The Morgan fingerprint density at radius 2 is 1.88 bits per heavy atom.